The van der Waals surface area contributed by atoms with Crippen LogP contribution in [0.2, 0.25) is 0 Å². The number of benzene rings is 2. The maximum Gasteiger partial charge on any atom is 0.251 e. The number of rotatable bonds is 5. The van der Waals surface area contributed by atoms with Crippen LogP contribution in [0.15, 0.2) is 48.5 Å². The van der Waals surface area contributed by atoms with Crippen molar-refractivity contribution in [2.75, 3.05) is 0 Å². The highest BCUT2D eigenvalue weighted by atomic mass is 35.5. The Balaban J connectivity index is 2.09. The second kappa shape index (κ2) is 7.32. The Kier molecular flexibility index (Phi) is 5.45. The number of carbonyl (C=O) groups excluding carboxylic acids is 1. The van der Waals surface area contributed by atoms with Crippen LogP contribution in [-0.4, -0.2) is 5.91 Å². The van der Waals surface area contributed by atoms with E-state index < -0.39 is 0 Å². The smallest absolute Gasteiger partial charge is 0.251 e. The first-order valence-corrected chi connectivity index (χ1v) is 7.37. The van der Waals surface area contributed by atoms with E-state index >= 15 is 0 Å². The van der Waals surface area contributed by atoms with Crippen molar-refractivity contribution in [1.82, 2.24) is 5.32 Å². The van der Waals surface area contributed by atoms with Gasteiger partial charge in [0.2, 0.25) is 0 Å². The highest BCUT2D eigenvalue weighted by molar-refractivity contribution is 6.18. The fraction of sp³-hybridized carbons (Fsp3) is 0.188. The zero-order valence-electron chi connectivity index (χ0n) is 10.9. The van der Waals surface area contributed by atoms with Gasteiger partial charge in [0, 0.05) is 23.9 Å². The monoisotopic (exact) mass is 307 g/mol. The number of hydrogen-bond acceptors (Lipinski definition) is 1. The summed E-state index contributed by atoms with van der Waals surface area (Å²) in [5, 5.41) is 2.90. The molecule has 4 heteroatoms. The quantitative estimate of drug-likeness (QED) is 0.828. The van der Waals surface area contributed by atoms with E-state index in [2.05, 4.69) is 5.32 Å². The van der Waals surface area contributed by atoms with Crippen molar-refractivity contribution in [2.24, 2.45) is 0 Å². The molecule has 20 heavy (non-hydrogen) atoms. The van der Waals surface area contributed by atoms with Crippen LogP contribution in [0.3, 0.4) is 0 Å². The summed E-state index contributed by atoms with van der Waals surface area (Å²) in [6.07, 6.45) is 0. The zero-order valence-corrected chi connectivity index (χ0v) is 12.4. The average molecular weight is 308 g/mol. The van der Waals surface area contributed by atoms with E-state index in [1.54, 1.807) is 6.07 Å². The van der Waals surface area contributed by atoms with Crippen molar-refractivity contribution >= 4 is 29.1 Å². The Hall–Kier alpha value is -1.51. The van der Waals surface area contributed by atoms with Gasteiger partial charge in [-0.1, -0.05) is 42.5 Å². The van der Waals surface area contributed by atoms with Crippen LogP contribution in [0, 0.1) is 0 Å². The molecule has 0 heterocycles. The first-order valence-electron chi connectivity index (χ1n) is 6.30. The molecule has 0 bridgehead atoms. The van der Waals surface area contributed by atoms with Crippen molar-refractivity contribution < 1.29 is 4.79 Å². The first kappa shape index (κ1) is 14.9. The van der Waals surface area contributed by atoms with Gasteiger partial charge in [0.15, 0.2) is 0 Å². The molecule has 0 saturated carbocycles. The van der Waals surface area contributed by atoms with Crippen molar-refractivity contribution in [3.05, 3.63) is 70.8 Å². The molecule has 104 valence electrons. The van der Waals surface area contributed by atoms with E-state index in [1.165, 1.54) is 0 Å². The highest BCUT2D eigenvalue weighted by Crippen LogP contribution is 2.16. The van der Waals surface area contributed by atoms with Crippen LogP contribution in [-0.2, 0) is 18.3 Å². The SMILES string of the molecule is O=C(NCc1ccccc1)c1ccc(CCl)cc1CCl. The summed E-state index contributed by atoms with van der Waals surface area (Å²) in [6, 6.07) is 15.3. The average Bonchev–Trinajstić information content (AvgIpc) is 2.52. The summed E-state index contributed by atoms with van der Waals surface area (Å²) >= 11 is 11.7. The molecule has 0 aromatic heterocycles. The van der Waals surface area contributed by atoms with Gasteiger partial charge in [-0.25, -0.2) is 0 Å². The number of hydrogen-bond donors (Lipinski definition) is 1. The van der Waals surface area contributed by atoms with Crippen LogP contribution in [0.1, 0.15) is 27.0 Å². The molecule has 0 atom stereocenters. The van der Waals surface area contributed by atoms with Crippen LogP contribution in [0.5, 0.6) is 0 Å². The molecular weight excluding hydrogens is 293 g/mol. The standard InChI is InChI=1S/C16H15Cl2NO/c17-9-13-6-7-15(14(8-13)10-18)16(20)19-11-12-4-2-1-3-5-12/h1-8H,9-11H2,(H,19,20). The second-order valence-electron chi connectivity index (χ2n) is 4.43. The molecule has 0 spiro atoms. The molecule has 2 aromatic carbocycles. The number of halogens is 2. The molecule has 0 aliphatic carbocycles. The Morgan fingerprint density at radius 3 is 2.35 bits per heavy atom. The molecule has 2 rings (SSSR count). The maximum atomic E-state index is 12.2. The first-order chi connectivity index (χ1) is 9.74. The van der Waals surface area contributed by atoms with Crippen LogP contribution >= 0.6 is 23.2 Å². The van der Waals surface area contributed by atoms with E-state index in [-0.39, 0.29) is 5.91 Å². The van der Waals surface area contributed by atoms with Crippen molar-refractivity contribution in [1.29, 1.82) is 0 Å². The molecule has 0 unspecified atom stereocenters. The van der Waals surface area contributed by atoms with E-state index in [4.69, 9.17) is 23.2 Å². The van der Waals surface area contributed by atoms with Crippen molar-refractivity contribution in [2.45, 2.75) is 18.3 Å². The molecular formula is C16H15Cl2NO. The summed E-state index contributed by atoms with van der Waals surface area (Å²) in [6.45, 7) is 0.499. The molecule has 0 radical (unpaired) electrons. The molecule has 2 nitrogen and oxygen atoms in total. The van der Waals surface area contributed by atoms with Gasteiger partial charge in [-0.15, -0.1) is 23.2 Å². The van der Waals surface area contributed by atoms with Gasteiger partial charge in [-0.2, -0.15) is 0 Å². The largest absolute Gasteiger partial charge is 0.348 e. The minimum absolute atomic E-state index is 0.120. The van der Waals surface area contributed by atoms with Gasteiger partial charge < -0.3 is 5.32 Å². The lowest BCUT2D eigenvalue weighted by Gasteiger charge is -2.10. The van der Waals surface area contributed by atoms with E-state index in [0.717, 1.165) is 16.7 Å². The maximum absolute atomic E-state index is 12.2. The van der Waals surface area contributed by atoms with Gasteiger partial charge in [0.1, 0.15) is 0 Å². The lowest BCUT2D eigenvalue weighted by molar-refractivity contribution is 0.0950. The number of alkyl halides is 2. The van der Waals surface area contributed by atoms with Crippen molar-refractivity contribution in [3.8, 4) is 0 Å². The summed E-state index contributed by atoms with van der Waals surface area (Å²) in [7, 11) is 0. The summed E-state index contributed by atoms with van der Waals surface area (Å²) < 4.78 is 0. The topological polar surface area (TPSA) is 29.1 Å². The lowest BCUT2D eigenvalue weighted by Crippen LogP contribution is -2.23. The van der Waals surface area contributed by atoms with Gasteiger partial charge in [0.25, 0.3) is 5.91 Å². The molecule has 0 aliphatic heterocycles. The van der Waals surface area contributed by atoms with Crippen LogP contribution < -0.4 is 5.32 Å². The third kappa shape index (κ3) is 3.75. The van der Waals surface area contributed by atoms with Crippen LogP contribution in [0.25, 0.3) is 0 Å². The zero-order chi connectivity index (χ0) is 14.4. The predicted octanol–water partition coefficient (Wildman–Crippen LogP) is 4.09. The molecule has 0 saturated heterocycles. The summed E-state index contributed by atoms with van der Waals surface area (Å²) in [5.74, 6) is 0.583. The minimum atomic E-state index is -0.120. The molecule has 1 amide bonds. The molecule has 1 N–H and O–H groups in total. The predicted molar refractivity (Wildman–Crippen MR) is 83.2 cm³/mol. The summed E-state index contributed by atoms with van der Waals surface area (Å²) in [4.78, 5) is 12.2. The van der Waals surface area contributed by atoms with E-state index in [0.29, 0.717) is 23.9 Å². The van der Waals surface area contributed by atoms with Gasteiger partial charge in [-0.3, -0.25) is 4.79 Å². The fourth-order valence-electron chi connectivity index (χ4n) is 1.94. The van der Waals surface area contributed by atoms with Crippen LogP contribution in [0.4, 0.5) is 0 Å². The van der Waals surface area contributed by atoms with E-state index in [9.17, 15) is 4.79 Å². The highest BCUT2D eigenvalue weighted by Gasteiger charge is 2.11. The summed E-state index contributed by atoms with van der Waals surface area (Å²) in [5.41, 5.74) is 3.42. The third-order valence-corrected chi connectivity index (χ3v) is 3.60. The van der Waals surface area contributed by atoms with Gasteiger partial charge in [0.05, 0.1) is 0 Å². The van der Waals surface area contributed by atoms with Gasteiger partial charge in [-0.05, 0) is 22.8 Å². The van der Waals surface area contributed by atoms with Crippen molar-refractivity contribution in [3.63, 3.8) is 0 Å². The van der Waals surface area contributed by atoms with E-state index in [1.807, 2.05) is 42.5 Å². The Morgan fingerprint density at radius 2 is 1.70 bits per heavy atom. The third-order valence-electron chi connectivity index (χ3n) is 3.01. The molecule has 2 aromatic rings. The number of nitrogens with one attached hydrogen (secondary N) is 1. The molecule has 0 fully saturated rings. The second-order valence-corrected chi connectivity index (χ2v) is 4.96. The number of carbonyl (C=O) groups is 1. The normalized spacial score (nSPS) is 10.3. The lowest BCUT2D eigenvalue weighted by atomic mass is 10.0. The molecule has 0 aliphatic rings. The van der Waals surface area contributed by atoms with Gasteiger partial charge >= 0.3 is 0 Å². The Labute approximate surface area is 128 Å². The minimum Gasteiger partial charge on any atom is -0.348 e. The fourth-order valence-corrected chi connectivity index (χ4v) is 2.32. The Bertz CT molecular complexity index is 584. The number of amides is 1. The Morgan fingerprint density at radius 1 is 0.950 bits per heavy atom.